The van der Waals surface area contributed by atoms with E-state index in [4.69, 9.17) is 5.73 Å². The van der Waals surface area contributed by atoms with Crippen LogP contribution in [0.25, 0.3) is 0 Å². The molecule has 1 spiro atoms. The lowest BCUT2D eigenvalue weighted by atomic mass is 10.1. The maximum Gasteiger partial charge on any atom is 0.361 e. The molecule has 106 valence electrons. The highest BCUT2D eigenvalue weighted by molar-refractivity contribution is 6.00. The van der Waals surface area contributed by atoms with Crippen molar-refractivity contribution in [2.75, 3.05) is 5.32 Å². The summed E-state index contributed by atoms with van der Waals surface area (Å²) in [6.07, 6.45) is 4.63. The van der Waals surface area contributed by atoms with Crippen LogP contribution in [0, 0.1) is 13.8 Å². The van der Waals surface area contributed by atoms with E-state index in [1.807, 2.05) is 0 Å². The molecule has 1 aliphatic heterocycles. The fraction of sp³-hybridized carbons (Fsp3) is 0.467. The van der Waals surface area contributed by atoms with Crippen LogP contribution >= 0.6 is 0 Å². The predicted octanol–water partition coefficient (Wildman–Crippen LogP) is -1.58. The van der Waals surface area contributed by atoms with E-state index in [1.165, 1.54) is 24.0 Å². The molecule has 1 aliphatic carbocycles. The predicted molar refractivity (Wildman–Crippen MR) is 80.0 cm³/mol. The van der Waals surface area contributed by atoms with E-state index in [0.29, 0.717) is 5.96 Å². The second kappa shape index (κ2) is 4.81. The van der Waals surface area contributed by atoms with Crippen LogP contribution in [-0.2, 0) is 0 Å². The Balaban J connectivity index is 1.87. The van der Waals surface area contributed by atoms with Crippen molar-refractivity contribution in [1.29, 1.82) is 0 Å². The molecule has 0 bridgehead atoms. The highest BCUT2D eigenvalue weighted by Crippen LogP contribution is 2.20. The van der Waals surface area contributed by atoms with E-state index in [-0.39, 0.29) is 5.66 Å². The van der Waals surface area contributed by atoms with Gasteiger partial charge in [0.15, 0.2) is 0 Å². The average Bonchev–Trinajstić information content (AvgIpc) is 2.80. The molecule has 1 heterocycles. The van der Waals surface area contributed by atoms with Gasteiger partial charge in [0.2, 0.25) is 5.66 Å². The van der Waals surface area contributed by atoms with Crippen LogP contribution in [0.1, 0.15) is 36.8 Å². The molecule has 0 atom stereocenters. The molecule has 0 amide bonds. The third-order valence-electron chi connectivity index (χ3n) is 4.11. The summed E-state index contributed by atoms with van der Waals surface area (Å²) in [5.74, 6) is 1.47. The van der Waals surface area contributed by atoms with E-state index < -0.39 is 0 Å². The van der Waals surface area contributed by atoms with Gasteiger partial charge in [-0.05, 0) is 43.9 Å². The lowest BCUT2D eigenvalue weighted by Gasteiger charge is -2.22. The fourth-order valence-corrected chi connectivity index (χ4v) is 3.02. The normalized spacial score (nSPS) is 20.3. The van der Waals surface area contributed by atoms with Gasteiger partial charge in [-0.3, -0.25) is 5.73 Å². The molecule has 1 fully saturated rings. The number of guanidine groups is 2. The Morgan fingerprint density at radius 2 is 1.95 bits per heavy atom. The molecule has 5 nitrogen and oxygen atoms in total. The SMILES string of the molecule is Cc1ccc(C)c(NC2=[NH+]C3(CCCC3)[NH+]=C(N)N2)c1. The van der Waals surface area contributed by atoms with Gasteiger partial charge >= 0.3 is 11.9 Å². The number of benzene rings is 1. The van der Waals surface area contributed by atoms with Crippen LogP contribution in [0.3, 0.4) is 0 Å². The molecule has 2 aliphatic rings. The third-order valence-corrected chi connectivity index (χ3v) is 4.11. The fourth-order valence-electron chi connectivity index (χ4n) is 3.02. The molecule has 20 heavy (non-hydrogen) atoms. The Hall–Kier alpha value is -2.04. The quantitative estimate of drug-likeness (QED) is 0.429. The Labute approximate surface area is 119 Å². The van der Waals surface area contributed by atoms with Crippen LogP contribution in [0.5, 0.6) is 0 Å². The largest absolute Gasteiger partial charge is 0.361 e. The standard InChI is InChI=1S/C15H21N5/c1-10-5-6-11(2)12(9-10)17-14-18-13(16)19-15(20-14)7-3-4-8-15/h5-6,9H,3-4,7-8H2,1-2H3,(H4,16,17,18,19,20)/p+2. The van der Waals surface area contributed by atoms with Gasteiger partial charge in [0.05, 0.1) is 0 Å². The van der Waals surface area contributed by atoms with Crippen molar-refractivity contribution in [2.24, 2.45) is 5.73 Å². The van der Waals surface area contributed by atoms with Crippen LogP contribution in [0.2, 0.25) is 0 Å². The second-order valence-corrected chi connectivity index (χ2v) is 5.90. The molecule has 0 unspecified atom stereocenters. The Bertz CT molecular complexity index is 582. The van der Waals surface area contributed by atoms with Gasteiger partial charge in [-0.2, -0.15) is 5.32 Å². The van der Waals surface area contributed by atoms with E-state index >= 15 is 0 Å². The number of nitrogens with two attached hydrogens (primary N) is 1. The molecule has 3 rings (SSSR count). The number of hydrogen-bond donors (Lipinski definition) is 5. The van der Waals surface area contributed by atoms with Crippen molar-refractivity contribution >= 4 is 17.6 Å². The molecule has 1 saturated carbocycles. The van der Waals surface area contributed by atoms with Crippen molar-refractivity contribution in [2.45, 2.75) is 45.2 Å². The minimum absolute atomic E-state index is 0.0879. The van der Waals surface area contributed by atoms with Crippen molar-refractivity contribution in [3.8, 4) is 0 Å². The summed E-state index contributed by atoms with van der Waals surface area (Å²) in [6.45, 7) is 4.19. The van der Waals surface area contributed by atoms with Gasteiger partial charge in [-0.25, -0.2) is 15.3 Å². The summed E-state index contributed by atoms with van der Waals surface area (Å²) in [6, 6.07) is 6.39. The van der Waals surface area contributed by atoms with E-state index in [9.17, 15) is 0 Å². The number of anilines is 1. The van der Waals surface area contributed by atoms with Crippen LogP contribution in [-0.4, -0.2) is 17.6 Å². The van der Waals surface area contributed by atoms with Crippen molar-refractivity contribution in [3.05, 3.63) is 29.3 Å². The smallest absolute Gasteiger partial charge is 0.290 e. The van der Waals surface area contributed by atoms with Gasteiger partial charge < -0.3 is 0 Å². The van der Waals surface area contributed by atoms with E-state index in [2.05, 4.69) is 52.7 Å². The highest BCUT2D eigenvalue weighted by Gasteiger charge is 2.40. The van der Waals surface area contributed by atoms with Gasteiger partial charge in [-0.1, -0.05) is 12.1 Å². The number of nitrogens with one attached hydrogen (secondary N) is 4. The molecule has 1 aromatic carbocycles. The zero-order valence-corrected chi connectivity index (χ0v) is 12.1. The topological polar surface area (TPSA) is 78.0 Å². The van der Waals surface area contributed by atoms with Crippen molar-refractivity contribution in [3.63, 3.8) is 0 Å². The first-order chi connectivity index (χ1) is 9.56. The summed E-state index contributed by atoms with van der Waals surface area (Å²) in [4.78, 5) is 6.88. The van der Waals surface area contributed by atoms with Gasteiger partial charge in [0.1, 0.15) is 5.69 Å². The Morgan fingerprint density at radius 3 is 2.70 bits per heavy atom. The monoisotopic (exact) mass is 273 g/mol. The van der Waals surface area contributed by atoms with Crippen LogP contribution in [0.4, 0.5) is 5.69 Å². The van der Waals surface area contributed by atoms with Gasteiger partial charge in [0.25, 0.3) is 0 Å². The number of hydrogen-bond acceptors (Lipinski definition) is 3. The van der Waals surface area contributed by atoms with Crippen LogP contribution < -0.4 is 26.4 Å². The third kappa shape index (κ3) is 2.48. The first-order valence-corrected chi connectivity index (χ1v) is 7.23. The zero-order chi connectivity index (χ0) is 14.2. The second-order valence-electron chi connectivity index (χ2n) is 5.90. The first-order valence-electron chi connectivity index (χ1n) is 7.23. The van der Waals surface area contributed by atoms with E-state index in [1.54, 1.807) is 0 Å². The van der Waals surface area contributed by atoms with Gasteiger partial charge in [-0.15, -0.1) is 0 Å². The summed E-state index contributed by atoms with van der Waals surface area (Å²) in [7, 11) is 0. The summed E-state index contributed by atoms with van der Waals surface area (Å²) in [5, 5.41) is 6.57. The molecule has 0 saturated heterocycles. The zero-order valence-electron chi connectivity index (χ0n) is 12.1. The Morgan fingerprint density at radius 1 is 1.20 bits per heavy atom. The first kappa shape index (κ1) is 13.0. The number of rotatable bonds is 1. The van der Waals surface area contributed by atoms with E-state index in [0.717, 1.165) is 24.5 Å². The molecule has 6 N–H and O–H groups in total. The van der Waals surface area contributed by atoms with Crippen LogP contribution in [0.15, 0.2) is 18.2 Å². The minimum Gasteiger partial charge on any atom is -0.290 e. The molecule has 0 radical (unpaired) electrons. The lowest BCUT2D eigenvalue weighted by Crippen LogP contribution is -3.14. The minimum atomic E-state index is -0.0879. The molecule has 1 aromatic rings. The Kier molecular flexibility index (Phi) is 3.12. The molecule has 5 heteroatoms. The maximum atomic E-state index is 5.99. The molecule has 0 aromatic heterocycles. The van der Waals surface area contributed by atoms with Crippen molar-refractivity contribution < 1.29 is 9.98 Å². The summed E-state index contributed by atoms with van der Waals surface area (Å²) >= 11 is 0. The average molecular weight is 273 g/mol. The molecular weight excluding hydrogens is 250 g/mol. The maximum absolute atomic E-state index is 5.99. The lowest BCUT2D eigenvalue weighted by molar-refractivity contribution is -0.797. The summed E-state index contributed by atoms with van der Waals surface area (Å²) < 4.78 is 0. The number of aryl methyl sites for hydroxylation is 2. The molecular formula is C15H23N5+2. The summed E-state index contributed by atoms with van der Waals surface area (Å²) in [5.41, 5.74) is 9.46. The highest BCUT2D eigenvalue weighted by atomic mass is 15.3. The van der Waals surface area contributed by atoms with Crippen molar-refractivity contribution in [1.82, 2.24) is 5.32 Å². The van der Waals surface area contributed by atoms with Gasteiger partial charge in [0, 0.05) is 12.8 Å².